The molecular weight excluding hydrogens is 272 g/mol. The molecule has 1 amide bonds. The number of carbonyl (C=O) groups is 1. The first-order valence-electron chi connectivity index (χ1n) is 6.18. The molecular formula is C14H18N4OS. The van der Waals surface area contributed by atoms with Crippen LogP contribution in [0.2, 0.25) is 0 Å². The van der Waals surface area contributed by atoms with Crippen molar-refractivity contribution in [3.63, 3.8) is 0 Å². The minimum absolute atomic E-state index is 0.0513. The summed E-state index contributed by atoms with van der Waals surface area (Å²) >= 11 is 1.54. The third-order valence-corrected chi connectivity index (χ3v) is 4.02. The molecule has 0 atom stereocenters. The van der Waals surface area contributed by atoms with Gasteiger partial charge in [-0.3, -0.25) is 9.48 Å². The van der Waals surface area contributed by atoms with E-state index in [4.69, 9.17) is 5.73 Å². The van der Waals surface area contributed by atoms with Crippen LogP contribution >= 0.6 is 11.8 Å². The molecule has 106 valence electrons. The number of rotatable bonds is 3. The maximum Gasteiger partial charge on any atom is 0.253 e. The zero-order valence-corrected chi connectivity index (χ0v) is 12.9. The highest BCUT2D eigenvalue weighted by atomic mass is 32.2. The van der Waals surface area contributed by atoms with Crippen molar-refractivity contribution in [2.45, 2.75) is 16.8 Å². The summed E-state index contributed by atoms with van der Waals surface area (Å²) in [6, 6.07) is 7.39. The molecule has 6 heteroatoms. The molecule has 1 aromatic heterocycles. The molecule has 0 saturated heterocycles. The van der Waals surface area contributed by atoms with Gasteiger partial charge in [0.05, 0.1) is 10.7 Å². The summed E-state index contributed by atoms with van der Waals surface area (Å²) in [6.45, 7) is 1.95. The zero-order chi connectivity index (χ0) is 14.9. The van der Waals surface area contributed by atoms with E-state index in [0.29, 0.717) is 11.3 Å². The average Bonchev–Trinajstić information content (AvgIpc) is 2.69. The van der Waals surface area contributed by atoms with Gasteiger partial charge < -0.3 is 10.6 Å². The predicted molar refractivity (Wildman–Crippen MR) is 80.9 cm³/mol. The van der Waals surface area contributed by atoms with Crippen LogP contribution in [-0.4, -0.2) is 34.7 Å². The van der Waals surface area contributed by atoms with Crippen molar-refractivity contribution in [1.29, 1.82) is 0 Å². The fourth-order valence-corrected chi connectivity index (χ4v) is 2.77. The van der Waals surface area contributed by atoms with Crippen molar-refractivity contribution >= 4 is 23.4 Å². The minimum atomic E-state index is -0.0513. The highest BCUT2D eigenvalue weighted by Gasteiger charge is 2.12. The first-order valence-corrected chi connectivity index (χ1v) is 7.00. The van der Waals surface area contributed by atoms with Crippen LogP contribution in [0.4, 0.5) is 5.69 Å². The summed E-state index contributed by atoms with van der Waals surface area (Å²) < 4.78 is 1.82. The van der Waals surface area contributed by atoms with Crippen LogP contribution in [0, 0.1) is 6.92 Å². The topological polar surface area (TPSA) is 64.2 Å². The number of aryl methyl sites for hydroxylation is 2. The second-order valence-corrected chi connectivity index (χ2v) is 5.86. The fourth-order valence-electron chi connectivity index (χ4n) is 1.83. The molecule has 0 saturated carbocycles. The molecule has 2 rings (SSSR count). The molecule has 0 radical (unpaired) electrons. The summed E-state index contributed by atoms with van der Waals surface area (Å²) in [5.41, 5.74) is 8.20. The van der Waals surface area contributed by atoms with Gasteiger partial charge in [-0.25, -0.2) is 0 Å². The largest absolute Gasteiger partial charge is 0.398 e. The number of anilines is 1. The van der Waals surface area contributed by atoms with E-state index in [1.807, 2.05) is 30.8 Å². The van der Waals surface area contributed by atoms with Gasteiger partial charge in [0.1, 0.15) is 0 Å². The molecule has 0 aliphatic carbocycles. The maximum atomic E-state index is 11.9. The average molecular weight is 290 g/mol. The van der Waals surface area contributed by atoms with Crippen molar-refractivity contribution in [2.75, 3.05) is 19.8 Å². The summed E-state index contributed by atoms with van der Waals surface area (Å²) in [6.07, 6.45) is 0. The third-order valence-electron chi connectivity index (χ3n) is 2.84. The van der Waals surface area contributed by atoms with E-state index < -0.39 is 0 Å². The quantitative estimate of drug-likeness (QED) is 0.880. The lowest BCUT2D eigenvalue weighted by Gasteiger charge is -2.12. The normalized spacial score (nSPS) is 10.6. The van der Waals surface area contributed by atoms with E-state index in [1.165, 1.54) is 4.90 Å². The molecule has 0 spiro atoms. The molecule has 5 nitrogen and oxygen atoms in total. The molecule has 0 aliphatic heterocycles. The van der Waals surface area contributed by atoms with E-state index in [2.05, 4.69) is 5.10 Å². The van der Waals surface area contributed by atoms with Crippen molar-refractivity contribution in [3.05, 3.63) is 35.5 Å². The van der Waals surface area contributed by atoms with Gasteiger partial charge in [-0.15, -0.1) is 0 Å². The maximum absolute atomic E-state index is 11.9. The Hall–Kier alpha value is -1.95. The van der Waals surface area contributed by atoms with Crippen molar-refractivity contribution in [1.82, 2.24) is 14.7 Å². The summed E-state index contributed by atoms with van der Waals surface area (Å²) in [4.78, 5) is 14.3. The fraction of sp³-hybridized carbons (Fsp3) is 0.286. The molecule has 0 aliphatic rings. The molecule has 2 N–H and O–H groups in total. The van der Waals surface area contributed by atoms with Crippen LogP contribution < -0.4 is 5.73 Å². The highest BCUT2D eigenvalue weighted by Crippen LogP contribution is 2.32. The minimum Gasteiger partial charge on any atom is -0.398 e. The number of hydrogen-bond acceptors (Lipinski definition) is 4. The Morgan fingerprint density at radius 1 is 1.35 bits per heavy atom. The van der Waals surface area contributed by atoms with Crippen LogP contribution in [0.25, 0.3) is 0 Å². The number of nitrogen functional groups attached to an aromatic ring is 1. The number of hydrogen-bond donors (Lipinski definition) is 1. The van der Waals surface area contributed by atoms with Crippen LogP contribution in [0.1, 0.15) is 16.1 Å². The second kappa shape index (κ2) is 5.58. The number of amides is 1. The molecule has 0 bridgehead atoms. The van der Waals surface area contributed by atoms with Crippen molar-refractivity contribution in [3.8, 4) is 0 Å². The molecule has 20 heavy (non-hydrogen) atoms. The standard InChI is InChI=1S/C14H18N4OS/c1-9-7-13(18(4)16-9)20-12-6-5-10(8-11(12)15)14(19)17(2)3/h5-8H,15H2,1-4H3. The number of nitrogens with zero attached hydrogens (tertiary/aromatic N) is 3. The second-order valence-electron chi connectivity index (χ2n) is 4.80. The Morgan fingerprint density at radius 3 is 2.55 bits per heavy atom. The Kier molecular flexibility index (Phi) is 4.04. The van der Waals surface area contributed by atoms with Gasteiger partial charge in [-0.2, -0.15) is 5.10 Å². The lowest BCUT2D eigenvalue weighted by molar-refractivity contribution is 0.0827. The van der Waals surface area contributed by atoms with Crippen molar-refractivity contribution in [2.24, 2.45) is 7.05 Å². The zero-order valence-electron chi connectivity index (χ0n) is 12.0. The van der Waals surface area contributed by atoms with Gasteiger partial charge in [0.2, 0.25) is 0 Å². The summed E-state index contributed by atoms with van der Waals surface area (Å²) in [7, 11) is 5.34. The van der Waals surface area contributed by atoms with Crippen molar-refractivity contribution < 1.29 is 4.79 Å². The third kappa shape index (κ3) is 2.96. The van der Waals surface area contributed by atoms with Crippen LogP contribution in [-0.2, 0) is 7.05 Å². The van der Waals surface area contributed by atoms with E-state index in [-0.39, 0.29) is 5.91 Å². The molecule has 1 heterocycles. The first kappa shape index (κ1) is 14.5. The first-order chi connectivity index (χ1) is 9.38. The Labute approximate surface area is 122 Å². The van der Waals surface area contributed by atoms with Crippen LogP contribution in [0.5, 0.6) is 0 Å². The highest BCUT2D eigenvalue weighted by molar-refractivity contribution is 7.99. The van der Waals surface area contributed by atoms with E-state index in [0.717, 1.165) is 15.6 Å². The molecule has 1 aromatic carbocycles. The van der Waals surface area contributed by atoms with E-state index >= 15 is 0 Å². The van der Waals surface area contributed by atoms with Gasteiger partial charge in [-0.05, 0) is 31.2 Å². The lowest BCUT2D eigenvalue weighted by atomic mass is 10.2. The number of benzene rings is 1. The van der Waals surface area contributed by atoms with Gasteiger partial charge in [0, 0.05) is 37.3 Å². The van der Waals surface area contributed by atoms with Gasteiger partial charge in [0.15, 0.2) is 0 Å². The number of nitrogens with two attached hydrogens (primary N) is 1. The van der Waals surface area contributed by atoms with Gasteiger partial charge in [-0.1, -0.05) is 11.8 Å². The lowest BCUT2D eigenvalue weighted by Crippen LogP contribution is -2.21. The predicted octanol–water partition coefficient (Wildman–Crippen LogP) is 2.16. The summed E-state index contributed by atoms with van der Waals surface area (Å²) in [5.74, 6) is -0.0513. The Bertz CT molecular complexity index is 649. The van der Waals surface area contributed by atoms with Gasteiger partial charge >= 0.3 is 0 Å². The molecule has 2 aromatic rings. The molecule has 0 fully saturated rings. The molecule has 0 unspecified atom stereocenters. The number of aromatic nitrogens is 2. The van der Waals surface area contributed by atoms with Crippen LogP contribution in [0.3, 0.4) is 0 Å². The van der Waals surface area contributed by atoms with Gasteiger partial charge in [0.25, 0.3) is 5.91 Å². The summed E-state index contributed by atoms with van der Waals surface area (Å²) in [5, 5.41) is 5.31. The smallest absolute Gasteiger partial charge is 0.253 e. The monoisotopic (exact) mass is 290 g/mol. The van der Waals surface area contributed by atoms with Crippen LogP contribution in [0.15, 0.2) is 34.2 Å². The SMILES string of the molecule is Cc1cc(Sc2ccc(C(=O)N(C)C)cc2N)n(C)n1. The Morgan fingerprint density at radius 2 is 2.05 bits per heavy atom. The van der Waals surface area contributed by atoms with E-state index in [9.17, 15) is 4.79 Å². The number of carbonyl (C=O) groups excluding carboxylic acids is 1. The Balaban J connectivity index is 2.26. The van der Waals surface area contributed by atoms with E-state index in [1.54, 1.807) is 38.0 Å².